The van der Waals surface area contributed by atoms with Gasteiger partial charge in [-0.05, 0) is 24.3 Å². The van der Waals surface area contributed by atoms with Crippen LogP contribution in [0.15, 0.2) is 23.1 Å². The van der Waals surface area contributed by atoms with Crippen LogP contribution in [0.2, 0.25) is 0 Å². The van der Waals surface area contributed by atoms with Crippen molar-refractivity contribution >= 4 is 11.8 Å². The first-order valence-electron chi connectivity index (χ1n) is 4.87. The standard InChI is InChI=1S/C11H16FNS/c1-3-9(13)11-8(12)6-5-7-10(11)14-4-2/h5-7,9H,3-4,13H2,1-2H3/t9-/m0/s1. The molecular weight excluding hydrogens is 197 g/mol. The predicted octanol–water partition coefficient (Wildman–Crippen LogP) is 3.35. The zero-order chi connectivity index (χ0) is 10.6. The van der Waals surface area contributed by atoms with Crippen molar-refractivity contribution in [3.63, 3.8) is 0 Å². The lowest BCUT2D eigenvalue weighted by Crippen LogP contribution is -2.12. The van der Waals surface area contributed by atoms with Crippen LogP contribution in [0.1, 0.15) is 31.9 Å². The molecule has 0 aliphatic carbocycles. The summed E-state index contributed by atoms with van der Waals surface area (Å²) in [6, 6.07) is 4.96. The van der Waals surface area contributed by atoms with Crippen molar-refractivity contribution < 1.29 is 4.39 Å². The average Bonchev–Trinajstić information content (AvgIpc) is 2.18. The van der Waals surface area contributed by atoms with Crippen LogP contribution in [0, 0.1) is 5.82 Å². The third kappa shape index (κ3) is 2.49. The molecule has 0 fully saturated rings. The van der Waals surface area contributed by atoms with Crippen molar-refractivity contribution in [2.75, 3.05) is 5.75 Å². The van der Waals surface area contributed by atoms with Gasteiger partial charge in [0.1, 0.15) is 5.82 Å². The number of nitrogens with two attached hydrogens (primary N) is 1. The number of halogens is 1. The van der Waals surface area contributed by atoms with Crippen LogP contribution < -0.4 is 5.73 Å². The number of thioether (sulfide) groups is 1. The van der Waals surface area contributed by atoms with Crippen LogP contribution in [0.25, 0.3) is 0 Å². The van der Waals surface area contributed by atoms with Gasteiger partial charge in [0.25, 0.3) is 0 Å². The first-order chi connectivity index (χ1) is 6.70. The molecule has 1 atom stereocenters. The first-order valence-corrected chi connectivity index (χ1v) is 5.86. The van der Waals surface area contributed by atoms with E-state index in [4.69, 9.17) is 5.73 Å². The van der Waals surface area contributed by atoms with Crippen LogP contribution in [0.5, 0.6) is 0 Å². The molecular formula is C11H16FNS. The summed E-state index contributed by atoms with van der Waals surface area (Å²) in [7, 11) is 0. The van der Waals surface area contributed by atoms with Crippen molar-refractivity contribution in [1.82, 2.24) is 0 Å². The van der Waals surface area contributed by atoms with Crippen molar-refractivity contribution in [2.24, 2.45) is 5.73 Å². The van der Waals surface area contributed by atoms with E-state index in [1.807, 2.05) is 13.0 Å². The van der Waals surface area contributed by atoms with Crippen LogP contribution >= 0.6 is 11.8 Å². The lowest BCUT2D eigenvalue weighted by Gasteiger charge is -2.14. The van der Waals surface area contributed by atoms with E-state index in [1.165, 1.54) is 6.07 Å². The van der Waals surface area contributed by atoms with Crippen molar-refractivity contribution in [1.29, 1.82) is 0 Å². The van der Waals surface area contributed by atoms with Crippen LogP contribution in [-0.2, 0) is 0 Å². The normalized spacial score (nSPS) is 12.9. The molecule has 0 heterocycles. The van der Waals surface area contributed by atoms with Gasteiger partial charge >= 0.3 is 0 Å². The number of hydrogen-bond donors (Lipinski definition) is 1. The fraction of sp³-hybridized carbons (Fsp3) is 0.455. The fourth-order valence-corrected chi connectivity index (χ4v) is 2.25. The van der Waals surface area contributed by atoms with E-state index < -0.39 is 0 Å². The lowest BCUT2D eigenvalue weighted by atomic mass is 10.1. The Bertz CT molecular complexity index is 301. The summed E-state index contributed by atoms with van der Waals surface area (Å²) in [5.41, 5.74) is 6.54. The van der Waals surface area contributed by atoms with Crippen molar-refractivity contribution in [3.8, 4) is 0 Å². The molecule has 0 amide bonds. The zero-order valence-electron chi connectivity index (χ0n) is 8.59. The molecule has 1 rings (SSSR count). The summed E-state index contributed by atoms with van der Waals surface area (Å²) in [5, 5.41) is 0. The topological polar surface area (TPSA) is 26.0 Å². The molecule has 0 aromatic heterocycles. The number of benzene rings is 1. The summed E-state index contributed by atoms with van der Waals surface area (Å²) < 4.78 is 13.5. The van der Waals surface area contributed by atoms with Crippen LogP contribution in [0.4, 0.5) is 4.39 Å². The Labute approximate surface area is 88.9 Å². The molecule has 0 saturated carbocycles. The maximum absolute atomic E-state index is 13.5. The van der Waals surface area contributed by atoms with E-state index in [-0.39, 0.29) is 11.9 Å². The van der Waals surface area contributed by atoms with Gasteiger partial charge in [0.05, 0.1) is 0 Å². The minimum Gasteiger partial charge on any atom is -0.324 e. The molecule has 0 spiro atoms. The van der Waals surface area contributed by atoms with Crippen LogP contribution in [0.3, 0.4) is 0 Å². The summed E-state index contributed by atoms with van der Waals surface area (Å²) in [5.74, 6) is 0.755. The van der Waals surface area contributed by atoms with Gasteiger partial charge in [-0.2, -0.15) is 0 Å². The van der Waals surface area contributed by atoms with E-state index in [2.05, 4.69) is 6.92 Å². The second-order valence-corrected chi connectivity index (χ2v) is 4.41. The second-order valence-electron chi connectivity index (χ2n) is 3.10. The Hall–Kier alpha value is -0.540. The zero-order valence-corrected chi connectivity index (χ0v) is 9.40. The van der Waals surface area contributed by atoms with Gasteiger partial charge in [0.2, 0.25) is 0 Å². The van der Waals surface area contributed by atoms with E-state index in [0.29, 0.717) is 5.56 Å². The summed E-state index contributed by atoms with van der Waals surface area (Å²) in [4.78, 5) is 0.974. The molecule has 2 N–H and O–H groups in total. The molecule has 1 aromatic rings. The molecule has 3 heteroatoms. The van der Waals surface area contributed by atoms with Crippen molar-refractivity contribution in [3.05, 3.63) is 29.6 Å². The molecule has 14 heavy (non-hydrogen) atoms. The van der Waals surface area contributed by atoms with Crippen molar-refractivity contribution in [2.45, 2.75) is 31.2 Å². The van der Waals surface area contributed by atoms with Gasteiger partial charge in [-0.15, -0.1) is 11.8 Å². The van der Waals surface area contributed by atoms with Gasteiger partial charge in [0.15, 0.2) is 0 Å². The smallest absolute Gasteiger partial charge is 0.129 e. The summed E-state index contributed by atoms with van der Waals surface area (Å²) >= 11 is 1.64. The van der Waals surface area contributed by atoms with Gasteiger partial charge in [-0.3, -0.25) is 0 Å². The number of rotatable bonds is 4. The monoisotopic (exact) mass is 213 g/mol. The Morgan fingerprint density at radius 3 is 2.71 bits per heavy atom. The summed E-state index contributed by atoms with van der Waals surface area (Å²) in [6.07, 6.45) is 0.762. The summed E-state index contributed by atoms with van der Waals surface area (Å²) in [6.45, 7) is 4.02. The highest BCUT2D eigenvalue weighted by Gasteiger charge is 2.14. The Morgan fingerprint density at radius 2 is 2.14 bits per heavy atom. The Kier molecular flexibility index (Phi) is 4.42. The SMILES string of the molecule is CCSc1cccc(F)c1[C@@H](N)CC. The van der Waals surface area contributed by atoms with Gasteiger partial charge in [-0.25, -0.2) is 4.39 Å². The molecule has 1 nitrogen and oxygen atoms in total. The van der Waals surface area contributed by atoms with Gasteiger partial charge in [-0.1, -0.05) is 19.9 Å². The maximum Gasteiger partial charge on any atom is 0.129 e. The highest BCUT2D eigenvalue weighted by atomic mass is 32.2. The molecule has 0 unspecified atom stereocenters. The molecule has 0 aliphatic heterocycles. The second kappa shape index (κ2) is 5.37. The maximum atomic E-state index is 13.5. The molecule has 0 saturated heterocycles. The minimum absolute atomic E-state index is 0.183. The van der Waals surface area contributed by atoms with E-state index >= 15 is 0 Å². The van der Waals surface area contributed by atoms with E-state index in [1.54, 1.807) is 17.8 Å². The largest absolute Gasteiger partial charge is 0.324 e. The lowest BCUT2D eigenvalue weighted by molar-refractivity contribution is 0.566. The minimum atomic E-state index is -0.190. The van der Waals surface area contributed by atoms with Gasteiger partial charge in [0, 0.05) is 16.5 Å². The van der Waals surface area contributed by atoms with Gasteiger partial charge < -0.3 is 5.73 Å². The average molecular weight is 213 g/mol. The molecule has 0 bridgehead atoms. The first kappa shape index (κ1) is 11.5. The Balaban J connectivity index is 3.08. The third-order valence-corrected chi connectivity index (χ3v) is 3.08. The third-order valence-electron chi connectivity index (χ3n) is 2.12. The van der Waals surface area contributed by atoms with E-state index in [0.717, 1.165) is 17.1 Å². The molecule has 0 radical (unpaired) electrons. The highest BCUT2D eigenvalue weighted by molar-refractivity contribution is 7.99. The molecule has 0 aliphatic rings. The molecule has 1 aromatic carbocycles. The van der Waals surface area contributed by atoms with Crippen LogP contribution in [-0.4, -0.2) is 5.75 Å². The molecule has 78 valence electrons. The quantitative estimate of drug-likeness (QED) is 0.776. The Morgan fingerprint density at radius 1 is 1.43 bits per heavy atom. The number of hydrogen-bond acceptors (Lipinski definition) is 2. The predicted molar refractivity (Wildman–Crippen MR) is 60.0 cm³/mol. The van der Waals surface area contributed by atoms with E-state index in [9.17, 15) is 4.39 Å². The fourth-order valence-electron chi connectivity index (χ4n) is 1.36. The highest BCUT2D eigenvalue weighted by Crippen LogP contribution is 2.29.